The predicted octanol–water partition coefficient (Wildman–Crippen LogP) is 7.25. The van der Waals surface area contributed by atoms with Crippen molar-refractivity contribution in [1.29, 1.82) is 0 Å². The number of ether oxygens (including phenoxy) is 2. The highest BCUT2D eigenvalue weighted by molar-refractivity contribution is 5.93. The minimum absolute atomic E-state index is 0.0358. The lowest BCUT2D eigenvalue weighted by molar-refractivity contribution is 0.287. The number of phenolic OH excluding ortho intramolecular Hbond substituents is 2. The van der Waals surface area contributed by atoms with Crippen molar-refractivity contribution < 1.29 is 24.1 Å². The van der Waals surface area contributed by atoms with Crippen LogP contribution in [0.3, 0.4) is 0 Å². The third-order valence-corrected chi connectivity index (χ3v) is 9.56. The summed E-state index contributed by atoms with van der Waals surface area (Å²) in [4.78, 5) is 19.8. The first-order valence-electron chi connectivity index (χ1n) is 17.6. The van der Waals surface area contributed by atoms with Crippen LogP contribution in [-0.4, -0.2) is 55.1 Å². The number of aryl methyl sites for hydroxylation is 3. The molecule has 7 rings (SSSR count). The summed E-state index contributed by atoms with van der Waals surface area (Å²) in [5.41, 5.74) is 6.80. The molecule has 0 aliphatic carbocycles. The van der Waals surface area contributed by atoms with E-state index in [1.165, 1.54) is 24.4 Å². The van der Waals surface area contributed by atoms with Crippen molar-refractivity contribution in [1.82, 2.24) is 10.3 Å². The molecule has 4 aromatic carbocycles. The minimum atomic E-state index is -0.408. The highest BCUT2D eigenvalue weighted by atomic mass is 16.5. The third-order valence-electron chi connectivity index (χ3n) is 9.56. The highest BCUT2D eigenvalue weighted by Crippen LogP contribution is 2.46. The molecular weight excluding hydrogens is 642 g/mol. The molecule has 0 spiro atoms. The van der Waals surface area contributed by atoms with Gasteiger partial charge in [0.25, 0.3) is 0 Å². The van der Waals surface area contributed by atoms with E-state index in [4.69, 9.17) is 13.9 Å². The van der Waals surface area contributed by atoms with Gasteiger partial charge in [0.1, 0.15) is 28.3 Å². The van der Waals surface area contributed by atoms with Crippen molar-refractivity contribution in [2.45, 2.75) is 32.6 Å². The zero-order chi connectivity index (χ0) is 35.3. The first-order valence-corrected chi connectivity index (χ1v) is 17.6. The Morgan fingerprint density at radius 3 is 2.33 bits per heavy atom. The molecule has 2 aromatic heterocycles. The average molecular weight is 686 g/mol. The SMILES string of the molecule is CCc1cc(-c2cccc(CCc3c(OCCc4ccccc4)c(OC)c(O)c4c(=O)cc(-c5ccc(O)cc5)oc34)c2)c(N2CCNCC2)[nH]1. The van der Waals surface area contributed by atoms with Gasteiger partial charge in [0.15, 0.2) is 16.9 Å². The lowest BCUT2D eigenvalue weighted by atomic mass is 9.97. The number of fused-ring (bicyclic) bond motifs is 1. The van der Waals surface area contributed by atoms with Crippen LogP contribution in [-0.2, 0) is 25.7 Å². The normalized spacial score (nSPS) is 13.1. The zero-order valence-electron chi connectivity index (χ0n) is 29.0. The molecule has 0 saturated carbocycles. The lowest BCUT2D eigenvalue weighted by Gasteiger charge is -2.29. The summed E-state index contributed by atoms with van der Waals surface area (Å²) < 4.78 is 18.6. The number of hydrogen-bond donors (Lipinski definition) is 4. The van der Waals surface area contributed by atoms with E-state index in [2.05, 4.69) is 52.5 Å². The summed E-state index contributed by atoms with van der Waals surface area (Å²) >= 11 is 0. The van der Waals surface area contributed by atoms with Crippen LogP contribution >= 0.6 is 0 Å². The van der Waals surface area contributed by atoms with Crippen LogP contribution in [0.25, 0.3) is 33.4 Å². The van der Waals surface area contributed by atoms with Crippen molar-refractivity contribution in [2.75, 3.05) is 44.8 Å². The Morgan fingerprint density at radius 1 is 0.824 bits per heavy atom. The molecule has 1 fully saturated rings. The summed E-state index contributed by atoms with van der Waals surface area (Å²) in [6.07, 6.45) is 2.59. The van der Waals surface area contributed by atoms with Gasteiger partial charge in [-0.25, -0.2) is 0 Å². The van der Waals surface area contributed by atoms with Crippen LogP contribution in [0, 0.1) is 0 Å². The van der Waals surface area contributed by atoms with E-state index in [1.807, 2.05) is 30.3 Å². The summed E-state index contributed by atoms with van der Waals surface area (Å²) in [6.45, 7) is 6.26. The van der Waals surface area contributed by atoms with Gasteiger partial charge in [0.05, 0.1) is 13.7 Å². The maximum absolute atomic E-state index is 13.7. The summed E-state index contributed by atoms with van der Waals surface area (Å²) in [6, 6.07) is 28.7. The molecular formula is C42H43N3O6. The third kappa shape index (κ3) is 7.16. The Kier molecular flexibility index (Phi) is 9.99. The van der Waals surface area contributed by atoms with Crippen LogP contribution in [0.4, 0.5) is 5.82 Å². The number of aromatic nitrogens is 1. The first kappa shape index (κ1) is 33.8. The number of hydrogen-bond acceptors (Lipinski definition) is 8. The number of phenols is 2. The van der Waals surface area contributed by atoms with Gasteiger partial charge in [0, 0.05) is 61.1 Å². The summed E-state index contributed by atoms with van der Waals surface area (Å²) in [5.74, 6) is 1.70. The molecule has 0 amide bonds. The van der Waals surface area contributed by atoms with Crippen LogP contribution in [0.2, 0.25) is 0 Å². The zero-order valence-corrected chi connectivity index (χ0v) is 29.0. The molecule has 0 atom stereocenters. The monoisotopic (exact) mass is 685 g/mol. The van der Waals surface area contributed by atoms with Gasteiger partial charge in [-0.15, -0.1) is 0 Å². The Labute approximate surface area is 297 Å². The number of aromatic hydroxyl groups is 2. The van der Waals surface area contributed by atoms with Gasteiger partial charge in [-0.2, -0.15) is 0 Å². The van der Waals surface area contributed by atoms with Crippen molar-refractivity contribution in [3.63, 3.8) is 0 Å². The maximum atomic E-state index is 13.7. The highest BCUT2D eigenvalue weighted by Gasteiger charge is 2.26. The molecule has 1 aliphatic rings. The van der Waals surface area contributed by atoms with Gasteiger partial charge < -0.3 is 39.3 Å². The molecule has 3 heterocycles. The number of piperazine rings is 1. The van der Waals surface area contributed by atoms with E-state index in [0.717, 1.165) is 55.1 Å². The fraction of sp³-hybridized carbons (Fsp3) is 0.262. The second-order valence-electron chi connectivity index (χ2n) is 12.8. The van der Waals surface area contributed by atoms with Crippen LogP contribution in [0.5, 0.6) is 23.0 Å². The molecule has 262 valence electrons. The fourth-order valence-electron chi connectivity index (χ4n) is 6.85. The van der Waals surface area contributed by atoms with Crippen molar-refractivity contribution in [3.8, 4) is 45.4 Å². The largest absolute Gasteiger partial charge is 0.508 e. The first-order chi connectivity index (χ1) is 24.9. The number of aromatic amines is 1. The molecule has 9 nitrogen and oxygen atoms in total. The molecule has 0 bridgehead atoms. The van der Waals surface area contributed by atoms with Crippen LogP contribution in [0.1, 0.15) is 29.3 Å². The Hall–Kier alpha value is -5.67. The number of anilines is 1. The van der Waals surface area contributed by atoms with E-state index in [9.17, 15) is 15.0 Å². The fourth-order valence-corrected chi connectivity index (χ4v) is 6.85. The summed E-state index contributed by atoms with van der Waals surface area (Å²) in [7, 11) is 1.46. The van der Waals surface area contributed by atoms with Crippen molar-refractivity contribution in [3.05, 3.63) is 124 Å². The number of nitrogens with one attached hydrogen (secondary N) is 2. The topological polar surface area (TPSA) is 120 Å². The number of H-pyrrole nitrogens is 1. The van der Waals surface area contributed by atoms with Gasteiger partial charge in [0.2, 0.25) is 5.75 Å². The molecule has 1 saturated heterocycles. The number of methoxy groups -OCH3 is 1. The molecule has 4 N–H and O–H groups in total. The number of nitrogens with zero attached hydrogens (tertiary/aromatic N) is 1. The average Bonchev–Trinajstić information content (AvgIpc) is 3.61. The number of benzene rings is 4. The van der Waals surface area contributed by atoms with Crippen molar-refractivity contribution in [2.24, 2.45) is 0 Å². The second kappa shape index (κ2) is 15.1. The Morgan fingerprint density at radius 2 is 1.59 bits per heavy atom. The molecule has 0 unspecified atom stereocenters. The van der Waals surface area contributed by atoms with E-state index < -0.39 is 5.43 Å². The van der Waals surface area contributed by atoms with Crippen LogP contribution in [0.15, 0.2) is 100 Å². The Bertz CT molecular complexity index is 2180. The second-order valence-corrected chi connectivity index (χ2v) is 12.8. The predicted molar refractivity (Wildman–Crippen MR) is 202 cm³/mol. The lowest BCUT2D eigenvalue weighted by Crippen LogP contribution is -2.43. The number of rotatable bonds is 12. The van der Waals surface area contributed by atoms with E-state index >= 15 is 0 Å². The molecule has 1 aliphatic heterocycles. The van der Waals surface area contributed by atoms with Crippen LogP contribution < -0.4 is 25.1 Å². The standard InChI is InChI=1S/C42H43N3O6/c1-3-31-25-34(42(44-31)45-21-19-43-20-22-45)30-11-7-10-28(24-30)12-17-33-39-37(35(47)26-36(51-39)29-13-15-32(46)16-14-29)38(48)41(49-2)40(33)50-23-18-27-8-5-4-6-9-27/h4-11,13-16,24-26,43-44,46,48H,3,12,17-23H2,1-2H3. The van der Waals surface area contributed by atoms with Gasteiger partial charge >= 0.3 is 0 Å². The molecule has 51 heavy (non-hydrogen) atoms. The van der Waals surface area contributed by atoms with E-state index in [1.54, 1.807) is 24.3 Å². The van der Waals surface area contributed by atoms with Gasteiger partial charge in [-0.05, 0) is 66.3 Å². The smallest absolute Gasteiger partial charge is 0.204 e. The summed E-state index contributed by atoms with van der Waals surface area (Å²) in [5, 5.41) is 24.8. The van der Waals surface area contributed by atoms with Gasteiger partial charge in [-0.3, -0.25) is 4.79 Å². The van der Waals surface area contributed by atoms with E-state index in [-0.39, 0.29) is 28.2 Å². The minimum Gasteiger partial charge on any atom is -0.508 e. The molecule has 9 heteroatoms. The van der Waals surface area contributed by atoms with Crippen molar-refractivity contribution >= 4 is 16.8 Å². The Balaban J connectivity index is 1.29. The molecule has 0 radical (unpaired) electrons. The maximum Gasteiger partial charge on any atom is 0.204 e. The quantitative estimate of drug-likeness (QED) is 0.106. The van der Waals surface area contributed by atoms with Gasteiger partial charge in [-0.1, -0.05) is 61.5 Å². The van der Waals surface area contributed by atoms with E-state index in [0.29, 0.717) is 48.5 Å². The molecule has 6 aromatic rings.